The predicted octanol–water partition coefficient (Wildman–Crippen LogP) is 2.69. The number of carbonyl (C=O) groups is 1. The van der Waals surface area contributed by atoms with Gasteiger partial charge in [-0.1, -0.05) is 18.2 Å². The first kappa shape index (κ1) is 16.7. The minimum Gasteiger partial charge on any atom is -0.387 e. The van der Waals surface area contributed by atoms with Crippen LogP contribution < -0.4 is 5.32 Å². The van der Waals surface area contributed by atoms with Gasteiger partial charge in [0.25, 0.3) is 0 Å². The zero-order valence-corrected chi connectivity index (χ0v) is 14.3. The molecule has 2 aromatic rings. The highest BCUT2D eigenvalue weighted by molar-refractivity contribution is 5.76. The van der Waals surface area contributed by atoms with E-state index in [1.165, 1.54) is 30.4 Å². The highest BCUT2D eigenvalue weighted by Crippen LogP contribution is 2.24. The molecular weight excluding hydrogens is 302 g/mol. The molecular formula is C19H25N3O2. The van der Waals surface area contributed by atoms with E-state index >= 15 is 0 Å². The Hall–Kier alpha value is -2.14. The average Bonchev–Trinajstić information content (AvgIpc) is 3.03. The molecule has 2 atom stereocenters. The highest BCUT2D eigenvalue weighted by Gasteiger charge is 2.15. The first-order chi connectivity index (χ1) is 11.5. The molecule has 1 amide bonds. The predicted molar refractivity (Wildman–Crippen MR) is 92.5 cm³/mol. The van der Waals surface area contributed by atoms with E-state index in [9.17, 15) is 9.90 Å². The quantitative estimate of drug-likeness (QED) is 0.887. The molecule has 1 aliphatic carbocycles. The third-order valence-electron chi connectivity index (χ3n) is 4.64. The molecule has 1 aliphatic rings. The van der Waals surface area contributed by atoms with Crippen LogP contribution in [0.4, 0.5) is 0 Å². The van der Waals surface area contributed by atoms with Crippen LogP contribution >= 0.6 is 0 Å². The number of aliphatic hydroxyl groups is 1. The average molecular weight is 327 g/mol. The van der Waals surface area contributed by atoms with E-state index in [0.29, 0.717) is 5.69 Å². The van der Waals surface area contributed by atoms with Crippen molar-refractivity contribution in [1.82, 2.24) is 15.1 Å². The van der Waals surface area contributed by atoms with Crippen LogP contribution in [0.15, 0.2) is 30.5 Å². The van der Waals surface area contributed by atoms with Crippen molar-refractivity contribution in [2.75, 3.05) is 0 Å². The van der Waals surface area contributed by atoms with Crippen LogP contribution in [0.2, 0.25) is 0 Å². The maximum atomic E-state index is 12.2. The smallest absolute Gasteiger partial charge is 0.242 e. The topological polar surface area (TPSA) is 67.2 Å². The Balaban J connectivity index is 1.61. The highest BCUT2D eigenvalue weighted by atomic mass is 16.3. The minimum atomic E-state index is -0.622. The summed E-state index contributed by atoms with van der Waals surface area (Å²) in [6, 6.07) is 8.25. The summed E-state index contributed by atoms with van der Waals surface area (Å²) in [6.45, 7) is 3.82. The lowest BCUT2D eigenvalue weighted by Gasteiger charge is -2.20. The van der Waals surface area contributed by atoms with E-state index in [-0.39, 0.29) is 18.5 Å². The van der Waals surface area contributed by atoms with Gasteiger partial charge in [0.2, 0.25) is 5.91 Å². The molecule has 0 aliphatic heterocycles. The number of amides is 1. The van der Waals surface area contributed by atoms with E-state index in [1.54, 1.807) is 23.9 Å². The summed E-state index contributed by atoms with van der Waals surface area (Å²) in [6.07, 6.45) is 5.92. The first-order valence-electron chi connectivity index (χ1n) is 8.65. The number of carbonyl (C=O) groups excluding carboxylic acids is 1. The Kier molecular flexibility index (Phi) is 5.00. The van der Waals surface area contributed by atoms with Crippen molar-refractivity contribution in [2.24, 2.45) is 0 Å². The number of aromatic nitrogens is 2. The number of nitrogens with zero attached hydrogens (tertiary/aromatic N) is 2. The fourth-order valence-corrected chi connectivity index (χ4v) is 3.23. The van der Waals surface area contributed by atoms with Gasteiger partial charge in [0.1, 0.15) is 6.54 Å². The summed E-state index contributed by atoms with van der Waals surface area (Å²) >= 11 is 0. The summed E-state index contributed by atoms with van der Waals surface area (Å²) in [5.41, 5.74) is 4.60. The van der Waals surface area contributed by atoms with Gasteiger partial charge in [-0.3, -0.25) is 9.48 Å². The van der Waals surface area contributed by atoms with Crippen LogP contribution in [-0.2, 0) is 24.2 Å². The van der Waals surface area contributed by atoms with Gasteiger partial charge in [-0.2, -0.15) is 5.10 Å². The number of benzene rings is 1. The molecule has 3 rings (SSSR count). The SMILES string of the molecule is C[C@@H](O)c1ccn(CC(=O)N[C@H](C)c2ccc3c(c2)CCCC3)n1. The zero-order chi connectivity index (χ0) is 17.1. The van der Waals surface area contributed by atoms with Crippen molar-refractivity contribution in [2.45, 2.75) is 58.2 Å². The monoisotopic (exact) mass is 327 g/mol. The van der Waals surface area contributed by atoms with Crippen LogP contribution in [0.5, 0.6) is 0 Å². The summed E-state index contributed by atoms with van der Waals surface area (Å²) in [7, 11) is 0. The second-order valence-electron chi connectivity index (χ2n) is 6.64. The van der Waals surface area contributed by atoms with Crippen molar-refractivity contribution < 1.29 is 9.90 Å². The van der Waals surface area contributed by atoms with Gasteiger partial charge in [0, 0.05) is 6.20 Å². The van der Waals surface area contributed by atoms with Crippen molar-refractivity contribution in [3.05, 3.63) is 52.8 Å². The minimum absolute atomic E-state index is 0.0310. The van der Waals surface area contributed by atoms with Crippen molar-refractivity contribution in [3.63, 3.8) is 0 Å². The van der Waals surface area contributed by atoms with Gasteiger partial charge in [-0.15, -0.1) is 0 Å². The largest absolute Gasteiger partial charge is 0.387 e. The Morgan fingerprint density at radius 2 is 2.00 bits per heavy atom. The molecule has 0 spiro atoms. The molecule has 0 fully saturated rings. The van der Waals surface area contributed by atoms with Crippen LogP contribution in [0.3, 0.4) is 0 Å². The molecule has 0 unspecified atom stereocenters. The third kappa shape index (κ3) is 3.85. The van der Waals surface area contributed by atoms with Crippen molar-refractivity contribution in [1.29, 1.82) is 0 Å². The van der Waals surface area contributed by atoms with Crippen molar-refractivity contribution >= 4 is 5.91 Å². The molecule has 0 saturated carbocycles. The molecule has 1 heterocycles. The molecule has 5 heteroatoms. The second kappa shape index (κ2) is 7.18. The standard InChI is InChI=1S/C19H25N3O2/c1-13(16-8-7-15-5-3-4-6-17(15)11-16)20-19(24)12-22-10-9-18(21-22)14(2)23/h7-11,13-14,23H,3-6,12H2,1-2H3,(H,20,24)/t13-,14-/m1/s1. The van der Waals surface area contributed by atoms with Gasteiger partial charge >= 0.3 is 0 Å². The molecule has 24 heavy (non-hydrogen) atoms. The molecule has 1 aromatic carbocycles. The Bertz CT molecular complexity index is 721. The van der Waals surface area contributed by atoms with Gasteiger partial charge in [-0.05, 0) is 62.3 Å². The Labute approximate surface area is 142 Å². The number of aliphatic hydroxyl groups excluding tert-OH is 1. The van der Waals surface area contributed by atoms with Crippen LogP contribution in [0, 0.1) is 0 Å². The molecule has 0 saturated heterocycles. The van der Waals surface area contributed by atoms with E-state index in [0.717, 1.165) is 12.0 Å². The Morgan fingerprint density at radius 3 is 2.71 bits per heavy atom. The van der Waals surface area contributed by atoms with Gasteiger partial charge in [0.05, 0.1) is 17.8 Å². The van der Waals surface area contributed by atoms with E-state index in [1.807, 2.05) is 6.92 Å². The van der Waals surface area contributed by atoms with Crippen LogP contribution in [0.25, 0.3) is 0 Å². The number of aryl methyl sites for hydroxylation is 2. The molecule has 1 aromatic heterocycles. The number of hydrogen-bond donors (Lipinski definition) is 2. The zero-order valence-electron chi connectivity index (χ0n) is 14.3. The Morgan fingerprint density at radius 1 is 1.25 bits per heavy atom. The maximum absolute atomic E-state index is 12.2. The summed E-state index contributed by atoms with van der Waals surface area (Å²) in [5, 5.41) is 16.7. The van der Waals surface area contributed by atoms with E-state index in [2.05, 4.69) is 28.6 Å². The molecule has 0 bridgehead atoms. The summed E-state index contributed by atoms with van der Waals surface area (Å²) in [5.74, 6) is -0.0829. The lowest BCUT2D eigenvalue weighted by molar-refractivity contribution is -0.122. The van der Waals surface area contributed by atoms with Gasteiger partial charge in [0.15, 0.2) is 0 Å². The van der Waals surface area contributed by atoms with Crippen LogP contribution in [-0.4, -0.2) is 20.8 Å². The van der Waals surface area contributed by atoms with E-state index in [4.69, 9.17) is 0 Å². The second-order valence-corrected chi connectivity index (χ2v) is 6.64. The number of hydrogen-bond acceptors (Lipinski definition) is 3. The molecule has 0 radical (unpaired) electrons. The molecule has 5 nitrogen and oxygen atoms in total. The maximum Gasteiger partial charge on any atom is 0.242 e. The number of nitrogens with one attached hydrogen (secondary N) is 1. The van der Waals surface area contributed by atoms with Gasteiger partial charge < -0.3 is 10.4 Å². The van der Waals surface area contributed by atoms with Crippen molar-refractivity contribution in [3.8, 4) is 0 Å². The lowest BCUT2D eigenvalue weighted by Crippen LogP contribution is -2.30. The fraction of sp³-hybridized carbons (Fsp3) is 0.474. The lowest BCUT2D eigenvalue weighted by atomic mass is 9.89. The van der Waals surface area contributed by atoms with Crippen LogP contribution in [0.1, 0.15) is 61.2 Å². The number of fused-ring (bicyclic) bond motifs is 1. The fourth-order valence-electron chi connectivity index (χ4n) is 3.23. The summed E-state index contributed by atoms with van der Waals surface area (Å²) < 4.78 is 1.55. The molecule has 2 N–H and O–H groups in total. The summed E-state index contributed by atoms with van der Waals surface area (Å²) in [4.78, 5) is 12.2. The third-order valence-corrected chi connectivity index (χ3v) is 4.64. The first-order valence-corrected chi connectivity index (χ1v) is 8.65. The van der Waals surface area contributed by atoms with E-state index < -0.39 is 6.10 Å². The normalized spacial score (nSPS) is 16.3. The molecule has 128 valence electrons. The van der Waals surface area contributed by atoms with Gasteiger partial charge in [-0.25, -0.2) is 0 Å². The number of rotatable bonds is 5.